The second-order valence-corrected chi connectivity index (χ2v) is 4.34. The van der Waals surface area contributed by atoms with Crippen molar-refractivity contribution in [2.45, 2.75) is 26.3 Å². The summed E-state index contributed by atoms with van der Waals surface area (Å²) in [5.74, 6) is 0.667. The molecular formula is C13H15NO4. The highest BCUT2D eigenvalue weighted by atomic mass is 16.5. The van der Waals surface area contributed by atoms with Gasteiger partial charge in [0.05, 0.1) is 0 Å². The predicted molar refractivity (Wildman–Crippen MR) is 64.0 cm³/mol. The monoisotopic (exact) mass is 249 g/mol. The van der Waals surface area contributed by atoms with Gasteiger partial charge < -0.3 is 4.74 Å². The van der Waals surface area contributed by atoms with E-state index < -0.39 is 23.8 Å². The topological polar surface area (TPSA) is 63.7 Å². The van der Waals surface area contributed by atoms with Gasteiger partial charge in [-0.15, -0.1) is 6.42 Å². The van der Waals surface area contributed by atoms with E-state index >= 15 is 0 Å². The van der Waals surface area contributed by atoms with Crippen LogP contribution in [0.5, 0.6) is 0 Å². The third kappa shape index (κ3) is 3.20. The molecule has 0 aromatic rings. The van der Waals surface area contributed by atoms with Crippen molar-refractivity contribution in [3.8, 4) is 12.3 Å². The number of amides is 2. The predicted octanol–water partition coefficient (Wildman–Crippen LogP) is 0.502. The van der Waals surface area contributed by atoms with E-state index in [-0.39, 0.29) is 12.5 Å². The first-order valence-corrected chi connectivity index (χ1v) is 5.62. The lowest BCUT2D eigenvalue weighted by Gasteiger charge is -2.25. The summed E-state index contributed by atoms with van der Waals surface area (Å²) < 4.78 is 4.81. The Morgan fingerprint density at radius 2 is 1.94 bits per heavy atom. The smallest absolute Gasteiger partial charge is 0.330 e. The Morgan fingerprint density at radius 1 is 1.39 bits per heavy atom. The molecule has 0 aliphatic carbocycles. The van der Waals surface area contributed by atoms with E-state index in [0.717, 1.165) is 17.1 Å². The van der Waals surface area contributed by atoms with Gasteiger partial charge in [-0.25, -0.2) is 4.79 Å². The van der Waals surface area contributed by atoms with Crippen LogP contribution in [0, 0.1) is 18.3 Å². The summed E-state index contributed by atoms with van der Waals surface area (Å²) in [5.41, 5.74) is 0. The zero-order chi connectivity index (χ0) is 13.7. The van der Waals surface area contributed by atoms with Crippen LogP contribution in [0.25, 0.3) is 0 Å². The Labute approximate surface area is 106 Å². The molecule has 0 bridgehead atoms. The maximum Gasteiger partial charge on any atom is 0.330 e. The number of imide groups is 1. The second-order valence-electron chi connectivity index (χ2n) is 4.34. The normalized spacial score (nSPS) is 16.0. The molecule has 1 aliphatic rings. The van der Waals surface area contributed by atoms with E-state index in [4.69, 9.17) is 11.2 Å². The fourth-order valence-electron chi connectivity index (χ4n) is 1.68. The maximum atomic E-state index is 11.8. The molecule has 0 aromatic heterocycles. The fraction of sp³-hybridized carbons (Fsp3) is 0.462. The van der Waals surface area contributed by atoms with Crippen molar-refractivity contribution in [1.29, 1.82) is 0 Å². The zero-order valence-electron chi connectivity index (χ0n) is 10.4. The van der Waals surface area contributed by atoms with Crippen molar-refractivity contribution >= 4 is 17.8 Å². The van der Waals surface area contributed by atoms with Crippen LogP contribution in [-0.4, -0.2) is 35.3 Å². The Bertz CT molecular complexity index is 413. The van der Waals surface area contributed by atoms with E-state index in [1.165, 1.54) is 0 Å². The Morgan fingerprint density at radius 3 is 2.39 bits per heavy atom. The van der Waals surface area contributed by atoms with Gasteiger partial charge >= 0.3 is 5.97 Å². The lowest BCUT2D eigenvalue weighted by molar-refractivity contribution is -0.157. The molecule has 0 N–H and O–H groups in total. The van der Waals surface area contributed by atoms with Gasteiger partial charge in [-0.05, 0) is 12.3 Å². The van der Waals surface area contributed by atoms with E-state index in [1.807, 2.05) is 13.8 Å². The first-order chi connectivity index (χ1) is 8.47. The second kappa shape index (κ2) is 6.01. The van der Waals surface area contributed by atoms with Gasteiger partial charge in [-0.1, -0.05) is 19.8 Å². The van der Waals surface area contributed by atoms with Crippen molar-refractivity contribution in [1.82, 2.24) is 4.90 Å². The van der Waals surface area contributed by atoms with Crippen LogP contribution in [0.4, 0.5) is 0 Å². The summed E-state index contributed by atoms with van der Waals surface area (Å²) in [6.07, 6.45) is 7.63. The van der Waals surface area contributed by atoms with E-state index in [2.05, 4.69) is 5.92 Å². The molecule has 1 atom stereocenters. The molecular weight excluding hydrogens is 234 g/mol. The summed E-state index contributed by atoms with van der Waals surface area (Å²) in [5, 5.41) is 0. The minimum atomic E-state index is -0.909. The number of esters is 1. The molecule has 96 valence electrons. The summed E-state index contributed by atoms with van der Waals surface area (Å²) in [6, 6.07) is -0.909. The molecule has 0 saturated heterocycles. The summed E-state index contributed by atoms with van der Waals surface area (Å²) >= 11 is 0. The standard InChI is InChI=1S/C13H15NO4/c1-4-7-18-13(17)10(8-9(2)3)14-11(15)5-6-12(14)16/h1,5-6,9-10H,7-8H2,2-3H3/t10-/m0/s1. The van der Waals surface area contributed by atoms with E-state index in [1.54, 1.807) is 0 Å². The highest BCUT2D eigenvalue weighted by molar-refractivity contribution is 6.14. The fourth-order valence-corrected chi connectivity index (χ4v) is 1.68. The maximum absolute atomic E-state index is 11.8. The highest BCUT2D eigenvalue weighted by Crippen LogP contribution is 2.17. The molecule has 0 saturated carbocycles. The average molecular weight is 249 g/mol. The minimum Gasteiger partial charge on any atom is -0.451 e. The number of carbonyl (C=O) groups is 3. The van der Waals surface area contributed by atoms with Crippen LogP contribution >= 0.6 is 0 Å². The van der Waals surface area contributed by atoms with Crippen molar-refractivity contribution in [2.75, 3.05) is 6.61 Å². The number of ether oxygens (including phenoxy) is 1. The third-order valence-electron chi connectivity index (χ3n) is 2.42. The average Bonchev–Trinajstić information content (AvgIpc) is 2.63. The highest BCUT2D eigenvalue weighted by Gasteiger charge is 2.37. The molecule has 5 nitrogen and oxygen atoms in total. The van der Waals surface area contributed by atoms with Gasteiger partial charge in [0.15, 0.2) is 6.61 Å². The van der Waals surface area contributed by atoms with Gasteiger partial charge in [-0.2, -0.15) is 0 Å². The Kier molecular flexibility index (Phi) is 4.67. The first-order valence-electron chi connectivity index (χ1n) is 5.62. The number of nitrogens with zero attached hydrogens (tertiary/aromatic N) is 1. The minimum absolute atomic E-state index is 0.134. The largest absolute Gasteiger partial charge is 0.451 e. The molecule has 0 radical (unpaired) electrons. The molecule has 18 heavy (non-hydrogen) atoms. The molecule has 1 rings (SSSR count). The molecule has 2 amide bonds. The van der Waals surface area contributed by atoms with Crippen molar-refractivity contribution in [2.24, 2.45) is 5.92 Å². The molecule has 0 aromatic carbocycles. The van der Waals surface area contributed by atoms with Crippen LogP contribution < -0.4 is 0 Å². The number of rotatable bonds is 5. The lowest BCUT2D eigenvalue weighted by atomic mass is 10.0. The van der Waals surface area contributed by atoms with Crippen molar-refractivity contribution < 1.29 is 19.1 Å². The van der Waals surface area contributed by atoms with Gasteiger partial charge in [0.2, 0.25) is 0 Å². The zero-order valence-corrected chi connectivity index (χ0v) is 10.4. The van der Waals surface area contributed by atoms with Crippen molar-refractivity contribution in [3.63, 3.8) is 0 Å². The van der Waals surface area contributed by atoms with Gasteiger partial charge in [0.25, 0.3) is 11.8 Å². The third-order valence-corrected chi connectivity index (χ3v) is 2.42. The molecule has 0 unspecified atom stereocenters. The molecule has 1 heterocycles. The van der Waals surface area contributed by atoms with E-state index in [0.29, 0.717) is 6.42 Å². The van der Waals surface area contributed by atoms with E-state index in [9.17, 15) is 14.4 Å². The molecule has 0 spiro atoms. The van der Waals surface area contributed by atoms with Crippen molar-refractivity contribution in [3.05, 3.63) is 12.2 Å². The molecule has 5 heteroatoms. The summed E-state index contributed by atoms with van der Waals surface area (Å²) in [4.78, 5) is 35.9. The Balaban J connectivity index is 2.85. The number of hydrogen-bond donors (Lipinski definition) is 0. The summed E-state index contributed by atoms with van der Waals surface area (Å²) in [6.45, 7) is 3.61. The molecule has 0 fully saturated rings. The van der Waals surface area contributed by atoms with Crippen LogP contribution in [0.1, 0.15) is 20.3 Å². The first kappa shape index (κ1) is 14.0. The van der Waals surface area contributed by atoms with Crippen LogP contribution in [-0.2, 0) is 19.1 Å². The van der Waals surface area contributed by atoms with Gasteiger partial charge in [0.1, 0.15) is 6.04 Å². The summed E-state index contributed by atoms with van der Waals surface area (Å²) in [7, 11) is 0. The van der Waals surface area contributed by atoms with Crippen LogP contribution in [0.2, 0.25) is 0 Å². The Hall–Kier alpha value is -2.09. The SMILES string of the molecule is C#CCOC(=O)[C@H](CC(C)C)N1C(=O)C=CC1=O. The lowest BCUT2D eigenvalue weighted by Crippen LogP contribution is -2.46. The van der Waals surface area contributed by atoms with Gasteiger partial charge in [0, 0.05) is 12.2 Å². The van der Waals surface area contributed by atoms with Crippen LogP contribution in [0.3, 0.4) is 0 Å². The quantitative estimate of drug-likeness (QED) is 0.404. The number of hydrogen-bond acceptors (Lipinski definition) is 4. The molecule has 1 aliphatic heterocycles. The number of terminal acetylenes is 1. The van der Waals surface area contributed by atoms with Crippen LogP contribution in [0.15, 0.2) is 12.2 Å². The number of carbonyl (C=O) groups excluding carboxylic acids is 3. The van der Waals surface area contributed by atoms with Gasteiger partial charge in [-0.3, -0.25) is 14.5 Å².